The van der Waals surface area contributed by atoms with Crippen molar-refractivity contribution in [1.29, 1.82) is 0 Å². The van der Waals surface area contributed by atoms with Gasteiger partial charge in [0.1, 0.15) is 12.4 Å². The minimum Gasteiger partial charge on any atom is -0.492 e. The van der Waals surface area contributed by atoms with Crippen LogP contribution in [0.2, 0.25) is 0 Å². The first kappa shape index (κ1) is 14.4. The van der Waals surface area contributed by atoms with Gasteiger partial charge in [-0.2, -0.15) is 0 Å². The summed E-state index contributed by atoms with van der Waals surface area (Å²) in [5, 5.41) is 3.53. The predicted molar refractivity (Wildman–Crippen MR) is 80.8 cm³/mol. The van der Waals surface area contributed by atoms with Crippen molar-refractivity contribution >= 4 is 0 Å². The van der Waals surface area contributed by atoms with Gasteiger partial charge in [-0.1, -0.05) is 26.0 Å². The number of ether oxygens (including phenoxy) is 1. The molecule has 19 heavy (non-hydrogen) atoms. The lowest BCUT2D eigenvalue weighted by atomic mass is 9.99. The largest absolute Gasteiger partial charge is 0.492 e. The molecule has 1 aliphatic carbocycles. The summed E-state index contributed by atoms with van der Waals surface area (Å²) in [5.74, 6) is 2.53. The Balaban J connectivity index is 1.67. The standard InChI is InChI=1S/C17H27NO/c1-4-13(2)15-7-9-17(10-8-15)19-12-11-18-14(3)16-5-6-16/h7-10,13-14,16,18H,4-6,11-12H2,1-3H3. The molecule has 1 aromatic carbocycles. The number of hydrogen-bond donors (Lipinski definition) is 1. The average Bonchev–Trinajstić information content (AvgIpc) is 3.27. The Labute approximate surface area is 117 Å². The molecular formula is C17H27NO. The van der Waals surface area contributed by atoms with Crippen molar-refractivity contribution in [2.45, 2.75) is 52.0 Å². The lowest BCUT2D eigenvalue weighted by Crippen LogP contribution is -2.31. The zero-order valence-corrected chi connectivity index (χ0v) is 12.5. The lowest BCUT2D eigenvalue weighted by Gasteiger charge is -2.14. The molecule has 2 heteroatoms. The van der Waals surface area contributed by atoms with Crippen molar-refractivity contribution in [2.75, 3.05) is 13.2 Å². The second-order valence-corrected chi connectivity index (χ2v) is 5.81. The molecule has 0 aliphatic heterocycles. The minimum absolute atomic E-state index is 0.634. The number of hydrogen-bond acceptors (Lipinski definition) is 2. The van der Waals surface area contributed by atoms with E-state index in [1.807, 2.05) is 0 Å². The van der Waals surface area contributed by atoms with Gasteiger partial charge in [-0.05, 0) is 55.7 Å². The molecule has 106 valence electrons. The maximum atomic E-state index is 5.76. The molecule has 0 saturated heterocycles. The second kappa shape index (κ2) is 6.95. The molecule has 2 nitrogen and oxygen atoms in total. The third kappa shape index (κ3) is 4.54. The fourth-order valence-electron chi connectivity index (χ4n) is 2.35. The van der Waals surface area contributed by atoms with Crippen LogP contribution in [0.1, 0.15) is 51.5 Å². The molecule has 0 aromatic heterocycles. The van der Waals surface area contributed by atoms with Crippen LogP contribution in [0.3, 0.4) is 0 Å². The minimum atomic E-state index is 0.634. The molecule has 0 amide bonds. The number of rotatable bonds is 8. The van der Waals surface area contributed by atoms with E-state index in [1.54, 1.807) is 0 Å². The fourth-order valence-corrected chi connectivity index (χ4v) is 2.35. The molecule has 1 N–H and O–H groups in total. The van der Waals surface area contributed by atoms with Gasteiger partial charge in [0.2, 0.25) is 0 Å². The fraction of sp³-hybridized carbons (Fsp3) is 0.647. The van der Waals surface area contributed by atoms with E-state index >= 15 is 0 Å². The smallest absolute Gasteiger partial charge is 0.119 e. The van der Waals surface area contributed by atoms with E-state index in [-0.39, 0.29) is 0 Å². The Morgan fingerprint density at radius 3 is 2.47 bits per heavy atom. The highest BCUT2D eigenvalue weighted by Crippen LogP contribution is 2.32. The van der Waals surface area contributed by atoms with Crippen LogP contribution in [0, 0.1) is 5.92 Å². The normalized spacial score (nSPS) is 18.1. The Bertz CT molecular complexity index is 369. The van der Waals surface area contributed by atoms with Gasteiger partial charge in [0.15, 0.2) is 0 Å². The van der Waals surface area contributed by atoms with Crippen molar-refractivity contribution in [3.05, 3.63) is 29.8 Å². The highest BCUT2D eigenvalue weighted by Gasteiger charge is 2.27. The van der Waals surface area contributed by atoms with E-state index in [1.165, 1.54) is 24.8 Å². The van der Waals surface area contributed by atoms with Gasteiger partial charge < -0.3 is 10.1 Å². The van der Waals surface area contributed by atoms with E-state index < -0.39 is 0 Å². The van der Waals surface area contributed by atoms with Gasteiger partial charge >= 0.3 is 0 Å². The van der Waals surface area contributed by atoms with Crippen LogP contribution in [-0.2, 0) is 0 Å². The molecule has 1 fully saturated rings. The third-order valence-corrected chi connectivity index (χ3v) is 4.23. The topological polar surface area (TPSA) is 21.3 Å². The third-order valence-electron chi connectivity index (χ3n) is 4.23. The Morgan fingerprint density at radius 1 is 1.21 bits per heavy atom. The van der Waals surface area contributed by atoms with Crippen LogP contribution in [0.25, 0.3) is 0 Å². The highest BCUT2D eigenvalue weighted by atomic mass is 16.5. The first-order chi connectivity index (χ1) is 9.20. The van der Waals surface area contributed by atoms with Gasteiger partial charge in [0.25, 0.3) is 0 Å². The van der Waals surface area contributed by atoms with Gasteiger partial charge in [0.05, 0.1) is 0 Å². The van der Waals surface area contributed by atoms with E-state index in [4.69, 9.17) is 4.74 Å². The Hall–Kier alpha value is -1.02. The van der Waals surface area contributed by atoms with Crippen LogP contribution in [0.4, 0.5) is 0 Å². The van der Waals surface area contributed by atoms with Crippen LogP contribution >= 0.6 is 0 Å². The number of nitrogens with one attached hydrogen (secondary N) is 1. The van der Waals surface area contributed by atoms with E-state index in [9.17, 15) is 0 Å². The van der Waals surface area contributed by atoms with E-state index in [0.29, 0.717) is 12.0 Å². The number of benzene rings is 1. The van der Waals surface area contributed by atoms with Crippen molar-refractivity contribution in [3.8, 4) is 5.75 Å². The molecule has 0 spiro atoms. The van der Waals surface area contributed by atoms with E-state index in [2.05, 4.69) is 50.4 Å². The highest BCUT2D eigenvalue weighted by molar-refractivity contribution is 5.29. The van der Waals surface area contributed by atoms with Crippen molar-refractivity contribution in [2.24, 2.45) is 5.92 Å². The summed E-state index contributed by atoms with van der Waals surface area (Å²) in [4.78, 5) is 0. The summed E-state index contributed by atoms with van der Waals surface area (Å²) < 4.78 is 5.76. The van der Waals surface area contributed by atoms with Gasteiger partial charge in [-0.3, -0.25) is 0 Å². The van der Waals surface area contributed by atoms with E-state index in [0.717, 1.165) is 24.8 Å². The summed E-state index contributed by atoms with van der Waals surface area (Å²) in [6.07, 6.45) is 3.97. The first-order valence-corrected chi connectivity index (χ1v) is 7.66. The Morgan fingerprint density at radius 2 is 1.89 bits per heavy atom. The molecule has 2 atom stereocenters. The second-order valence-electron chi connectivity index (χ2n) is 5.81. The SMILES string of the molecule is CCC(C)c1ccc(OCCNC(C)C2CC2)cc1. The molecule has 0 bridgehead atoms. The molecule has 1 aliphatic rings. The average molecular weight is 261 g/mol. The van der Waals surface area contributed by atoms with Gasteiger partial charge in [0, 0.05) is 12.6 Å². The molecule has 1 aromatic rings. The van der Waals surface area contributed by atoms with Crippen molar-refractivity contribution in [1.82, 2.24) is 5.32 Å². The van der Waals surface area contributed by atoms with Crippen LogP contribution in [-0.4, -0.2) is 19.2 Å². The van der Waals surface area contributed by atoms with Crippen molar-refractivity contribution in [3.63, 3.8) is 0 Å². The lowest BCUT2D eigenvalue weighted by molar-refractivity contribution is 0.303. The summed E-state index contributed by atoms with van der Waals surface area (Å²) in [7, 11) is 0. The molecule has 0 heterocycles. The maximum Gasteiger partial charge on any atom is 0.119 e. The maximum absolute atomic E-state index is 5.76. The predicted octanol–water partition coefficient (Wildman–Crippen LogP) is 3.97. The summed E-state index contributed by atoms with van der Waals surface area (Å²) in [5.41, 5.74) is 1.40. The molecule has 0 radical (unpaired) electrons. The van der Waals surface area contributed by atoms with Crippen LogP contribution < -0.4 is 10.1 Å². The van der Waals surface area contributed by atoms with Crippen molar-refractivity contribution < 1.29 is 4.74 Å². The van der Waals surface area contributed by atoms with Gasteiger partial charge in [-0.15, -0.1) is 0 Å². The Kier molecular flexibility index (Phi) is 5.26. The molecule has 2 unspecified atom stereocenters. The molecular weight excluding hydrogens is 234 g/mol. The first-order valence-electron chi connectivity index (χ1n) is 7.66. The molecule has 2 rings (SSSR count). The summed E-state index contributed by atoms with van der Waals surface area (Å²) in [6, 6.07) is 9.20. The zero-order valence-electron chi connectivity index (χ0n) is 12.5. The van der Waals surface area contributed by atoms with Gasteiger partial charge in [-0.25, -0.2) is 0 Å². The van der Waals surface area contributed by atoms with Crippen LogP contribution in [0.15, 0.2) is 24.3 Å². The monoisotopic (exact) mass is 261 g/mol. The summed E-state index contributed by atoms with van der Waals surface area (Å²) >= 11 is 0. The summed E-state index contributed by atoms with van der Waals surface area (Å²) in [6.45, 7) is 8.45. The quantitative estimate of drug-likeness (QED) is 0.715. The van der Waals surface area contributed by atoms with Crippen LogP contribution in [0.5, 0.6) is 5.75 Å². The zero-order chi connectivity index (χ0) is 13.7. The molecule has 1 saturated carbocycles.